The summed E-state index contributed by atoms with van der Waals surface area (Å²) in [5.74, 6) is -9.08. The van der Waals surface area contributed by atoms with Gasteiger partial charge in [0.05, 0.1) is 28.2 Å². The molecule has 15 nitrogen and oxygen atoms in total. The Kier molecular flexibility index (Phi) is 11.0. The van der Waals surface area contributed by atoms with Crippen LogP contribution in [0, 0.1) is 17.6 Å². The molecule has 0 radical (unpaired) electrons. The topological polar surface area (TPSA) is 169 Å². The number of thiazole rings is 1. The van der Waals surface area contributed by atoms with E-state index in [0.717, 1.165) is 18.4 Å². The summed E-state index contributed by atoms with van der Waals surface area (Å²) in [5, 5.41) is 11.5. The number of pyridine rings is 1. The molecule has 4 aromatic heterocycles. The molecular formula is C43H43F7N10O5S2. The van der Waals surface area contributed by atoms with Gasteiger partial charge in [0.15, 0.2) is 22.3 Å². The fourth-order valence-electron chi connectivity index (χ4n) is 9.16. The maximum atomic E-state index is 15.6. The predicted molar refractivity (Wildman–Crippen MR) is 233 cm³/mol. The maximum absolute atomic E-state index is 15.6. The molecule has 2 aliphatic carbocycles. The van der Waals surface area contributed by atoms with E-state index < -0.39 is 92.7 Å². The summed E-state index contributed by atoms with van der Waals surface area (Å²) in [6, 6.07) is 7.67. The van der Waals surface area contributed by atoms with Crippen LogP contribution in [0.3, 0.4) is 0 Å². The van der Waals surface area contributed by atoms with Crippen LogP contribution < -0.4 is 14.9 Å². The molecule has 24 heteroatoms. The molecule has 6 aromatic rings. The average molecular weight is 977 g/mol. The SMILES string of the molecule is C[C@H]1CN(c2nc3nc([C@H](Cc4cc(F)cc(F)c4)NC(=O)Cn4nc(C(F)(F)F)c5c4C(F)(F)[C@@H]4C[C@H]54)c(-c4cccc5c(NS(C)(=O)=O)nn(C)c45)cc3s2)CCN1C(=O)OC(C)(C)C. The lowest BCUT2D eigenvalue weighted by molar-refractivity contribution is -0.142. The van der Waals surface area contributed by atoms with Crippen LogP contribution in [0.25, 0.3) is 32.4 Å². The number of hydrogen-bond donors (Lipinski definition) is 2. The Hall–Kier alpha value is -6.04. The maximum Gasteiger partial charge on any atom is 0.435 e. The fraction of sp³-hybridized carbons (Fsp3) is 0.442. The zero-order valence-corrected chi connectivity index (χ0v) is 38.3. The van der Waals surface area contributed by atoms with Gasteiger partial charge >= 0.3 is 12.3 Å². The van der Waals surface area contributed by atoms with Gasteiger partial charge in [-0.05, 0) is 76.3 Å². The average Bonchev–Trinajstić information content (AvgIpc) is 3.46. The number of amides is 2. The number of halogens is 7. The summed E-state index contributed by atoms with van der Waals surface area (Å²) < 4.78 is 138. The van der Waals surface area contributed by atoms with Crippen molar-refractivity contribution < 1.29 is 53.5 Å². The number of carbonyl (C=O) groups excluding carboxylic acids is 2. The van der Waals surface area contributed by atoms with Gasteiger partial charge in [0.25, 0.3) is 5.92 Å². The van der Waals surface area contributed by atoms with E-state index in [9.17, 15) is 40.0 Å². The highest BCUT2D eigenvalue weighted by atomic mass is 32.2. The highest BCUT2D eigenvalue weighted by Crippen LogP contribution is 2.68. The number of piperazine rings is 1. The first kappa shape index (κ1) is 46.1. The Bertz CT molecular complexity index is 3090. The molecular weight excluding hydrogens is 934 g/mol. The van der Waals surface area contributed by atoms with Crippen LogP contribution in [-0.4, -0.2) is 92.4 Å². The summed E-state index contributed by atoms with van der Waals surface area (Å²) in [5.41, 5.74) is -2.49. The number of hydrogen-bond acceptors (Lipinski definition) is 11. The second kappa shape index (κ2) is 16.0. The third kappa shape index (κ3) is 8.84. The van der Waals surface area contributed by atoms with Crippen molar-refractivity contribution in [3.05, 3.63) is 82.3 Å². The summed E-state index contributed by atoms with van der Waals surface area (Å²) in [4.78, 5) is 40.6. The number of carbonyl (C=O) groups is 2. The van der Waals surface area contributed by atoms with Gasteiger partial charge in [-0.25, -0.2) is 27.0 Å². The van der Waals surface area contributed by atoms with Gasteiger partial charge in [0, 0.05) is 66.8 Å². The van der Waals surface area contributed by atoms with Gasteiger partial charge < -0.3 is 19.9 Å². The van der Waals surface area contributed by atoms with Crippen molar-refractivity contribution >= 4 is 65.6 Å². The lowest BCUT2D eigenvalue weighted by Crippen LogP contribution is -2.55. The van der Waals surface area contributed by atoms with Crippen molar-refractivity contribution in [1.82, 2.24) is 39.7 Å². The Balaban J connectivity index is 1.16. The summed E-state index contributed by atoms with van der Waals surface area (Å²) in [6.07, 6.45) is -5.12. The largest absolute Gasteiger partial charge is 0.444 e. The molecule has 67 heavy (non-hydrogen) atoms. The number of aryl methyl sites for hydroxylation is 1. The minimum atomic E-state index is -5.09. The first-order chi connectivity index (χ1) is 31.3. The highest BCUT2D eigenvalue weighted by Gasteiger charge is 2.68. The van der Waals surface area contributed by atoms with Crippen molar-refractivity contribution in [3.8, 4) is 11.1 Å². The number of nitrogens with one attached hydrogen (secondary N) is 2. The Morgan fingerprint density at radius 3 is 2.39 bits per heavy atom. The Morgan fingerprint density at radius 1 is 1.01 bits per heavy atom. The van der Waals surface area contributed by atoms with Gasteiger partial charge in [0.2, 0.25) is 15.9 Å². The molecule has 2 aromatic carbocycles. The predicted octanol–water partition coefficient (Wildman–Crippen LogP) is 7.86. The molecule has 2 fully saturated rings. The van der Waals surface area contributed by atoms with Crippen LogP contribution >= 0.6 is 11.3 Å². The molecule has 0 bridgehead atoms. The van der Waals surface area contributed by atoms with E-state index in [1.165, 1.54) is 16.0 Å². The van der Waals surface area contributed by atoms with Gasteiger partial charge in [-0.2, -0.15) is 37.1 Å². The highest BCUT2D eigenvalue weighted by molar-refractivity contribution is 7.92. The fourth-order valence-corrected chi connectivity index (χ4v) is 10.6. The van der Waals surface area contributed by atoms with Gasteiger partial charge in [0.1, 0.15) is 29.5 Å². The first-order valence-electron chi connectivity index (χ1n) is 21.1. The van der Waals surface area contributed by atoms with Crippen molar-refractivity contribution in [3.63, 3.8) is 0 Å². The van der Waals surface area contributed by atoms with E-state index in [2.05, 4.69) is 20.2 Å². The molecule has 0 spiro atoms. The van der Waals surface area contributed by atoms with E-state index in [1.807, 2.05) is 11.8 Å². The number of benzene rings is 2. The zero-order chi connectivity index (χ0) is 48.3. The standard InChI is InChI=1S/C43H43F7N10O5S2/c1-20-18-58(10-11-59(20)40(62)65-41(2,3)4)39-53-38-30(66-39)17-26(24-8-7-9-25-34(24)57(5)55-37(25)56-67(6,63)64)33(52-38)29(14-21-12-22(44)15-23(45)13-21)51-31(61)19-60-36-32(35(54-60)43(48,49)50)27-16-28(27)42(36,46)47/h7-9,12-13,15,17,20,27-29H,10-11,14,16,18-19H2,1-6H3,(H,51,61)(H,55,56)/t20-,27-,28+,29-/m0/s1. The minimum absolute atomic E-state index is 0.00309. The summed E-state index contributed by atoms with van der Waals surface area (Å²) in [6.45, 7) is 7.14. The van der Waals surface area contributed by atoms with Crippen molar-refractivity contribution in [2.75, 3.05) is 35.5 Å². The van der Waals surface area contributed by atoms with Crippen LogP contribution in [0.15, 0.2) is 42.5 Å². The number of alkyl halides is 5. The first-order valence-corrected chi connectivity index (χ1v) is 23.8. The van der Waals surface area contributed by atoms with Crippen LogP contribution in [0.2, 0.25) is 0 Å². The molecule has 2 N–H and O–H groups in total. The van der Waals surface area contributed by atoms with Gasteiger partial charge in [-0.1, -0.05) is 23.5 Å². The number of para-hydroxylation sites is 1. The smallest absolute Gasteiger partial charge is 0.435 e. The number of nitrogens with zero attached hydrogens (tertiary/aromatic N) is 8. The number of aromatic nitrogens is 6. The lowest BCUT2D eigenvalue weighted by Gasteiger charge is -2.40. The van der Waals surface area contributed by atoms with Crippen LogP contribution in [-0.2, 0) is 51.7 Å². The monoisotopic (exact) mass is 976 g/mol. The third-order valence-corrected chi connectivity index (χ3v) is 13.5. The van der Waals surface area contributed by atoms with E-state index in [1.54, 1.807) is 57.0 Å². The van der Waals surface area contributed by atoms with E-state index >= 15 is 8.78 Å². The molecule has 9 rings (SSSR count). The van der Waals surface area contributed by atoms with E-state index in [-0.39, 0.29) is 41.6 Å². The normalized spacial score (nSPS) is 19.7. The molecule has 356 valence electrons. The molecule has 2 amide bonds. The molecule has 4 atom stereocenters. The van der Waals surface area contributed by atoms with Gasteiger partial charge in [-0.3, -0.25) is 18.9 Å². The van der Waals surface area contributed by atoms with Crippen molar-refractivity contribution in [2.24, 2.45) is 13.0 Å². The summed E-state index contributed by atoms with van der Waals surface area (Å²) >= 11 is 1.26. The van der Waals surface area contributed by atoms with Crippen LogP contribution in [0.5, 0.6) is 0 Å². The zero-order valence-electron chi connectivity index (χ0n) is 36.7. The number of anilines is 2. The quantitative estimate of drug-likeness (QED) is 0.129. The minimum Gasteiger partial charge on any atom is -0.444 e. The third-order valence-electron chi connectivity index (χ3n) is 11.9. The molecule has 3 aliphatic rings. The Labute approximate surface area is 382 Å². The number of sulfonamides is 1. The Morgan fingerprint density at radius 2 is 1.73 bits per heavy atom. The molecule has 0 unspecified atom stereocenters. The second-order valence-electron chi connectivity index (χ2n) is 18.2. The summed E-state index contributed by atoms with van der Waals surface area (Å²) in [7, 11) is -2.25. The van der Waals surface area contributed by atoms with Crippen molar-refractivity contribution in [1.29, 1.82) is 0 Å². The molecule has 1 aliphatic heterocycles. The van der Waals surface area contributed by atoms with Crippen LogP contribution in [0.4, 0.5) is 46.5 Å². The number of ether oxygens (including phenoxy) is 1. The molecule has 1 saturated heterocycles. The molecule has 1 saturated carbocycles. The van der Waals surface area contributed by atoms with E-state index in [4.69, 9.17) is 14.7 Å². The second-order valence-corrected chi connectivity index (χ2v) is 21.0. The van der Waals surface area contributed by atoms with Crippen LogP contribution in [0.1, 0.15) is 74.3 Å². The van der Waals surface area contributed by atoms with Gasteiger partial charge in [-0.15, -0.1) is 0 Å². The van der Waals surface area contributed by atoms with E-state index in [0.29, 0.717) is 62.2 Å². The van der Waals surface area contributed by atoms with Crippen molar-refractivity contribution in [2.45, 2.75) is 82.8 Å². The lowest BCUT2D eigenvalue weighted by atomic mass is 9.94. The number of rotatable bonds is 10. The molecule has 5 heterocycles. The number of fused-ring (bicyclic) bond motifs is 5.